The van der Waals surface area contributed by atoms with Crippen molar-refractivity contribution in [3.05, 3.63) is 24.5 Å². The number of aromatic nitrogens is 2. The topological polar surface area (TPSA) is 43.8 Å². The monoisotopic (exact) mass is 151 g/mol. The van der Waals surface area contributed by atoms with Crippen LogP contribution in [0, 0.1) is 6.92 Å². The van der Waals surface area contributed by atoms with Crippen LogP contribution in [0.5, 0.6) is 0 Å². The number of allylic oxidation sites excluding steroid dienone is 1. The molecule has 0 aromatic carbocycles. The number of nitrogens with zero attached hydrogens (tertiary/aromatic N) is 2. The van der Waals surface area contributed by atoms with Gasteiger partial charge in [-0.2, -0.15) is 5.10 Å². The summed E-state index contributed by atoms with van der Waals surface area (Å²) in [6, 6.07) is 0. The maximum absolute atomic E-state index is 5.60. The van der Waals surface area contributed by atoms with Crippen molar-refractivity contribution < 1.29 is 0 Å². The highest BCUT2D eigenvalue weighted by Gasteiger charge is 1.97. The van der Waals surface area contributed by atoms with Crippen molar-refractivity contribution in [3.8, 4) is 0 Å². The third-order valence-corrected chi connectivity index (χ3v) is 1.55. The highest BCUT2D eigenvalue weighted by Crippen LogP contribution is 2.06. The molecule has 0 fully saturated rings. The Balaban J connectivity index is 2.64. The second-order valence-electron chi connectivity index (χ2n) is 2.51. The van der Waals surface area contributed by atoms with Crippen LogP contribution in [0.2, 0.25) is 0 Å². The Kier molecular flexibility index (Phi) is 2.31. The molecular weight excluding hydrogens is 138 g/mol. The van der Waals surface area contributed by atoms with E-state index in [1.54, 1.807) is 0 Å². The Morgan fingerprint density at radius 3 is 3.00 bits per heavy atom. The van der Waals surface area contributed by atoms with E-state index in [1.165, 1.54) is 0 Å². The smallest absolute Gasteiger partial charge is 0.0822 e. The molecule has 0 unspecified atom stereocenters. The molecule has 1 heterocycles. The van der Waals surface area contributed by atoms with E-state index in [2.05, 4.69) is 11.7 Å². The molecule has 0 atom stereocenters. The quantitative estimate of drug-likeness (QED) is 0.663. The number of aryl methyl sites for hydroxylation is 2. The van der Waals surface area contributed by atoms with Gasteiger partial charge in [0.05, 0.1) is 11.4 Å². The first-order chi connectivity index (χ1) is 5.24. The highest BCUT2D eigenvalue weighted by molar-refractivity contribution is 5.39. The minimum absolute atomic E-state index is 0.758. The van der Waals surface area contributed by atoms with Crippen molar-refractivity contribution in [3.63, 3.8) is 0 Å². The normalized spacial score (nSPS) is 9.91. The summed E-state index contributed by atoms with van der Waals surface area (Å²) in [5, 5.41) is 4.19. The molecule has 0 bridgehead atoms. The molecule has 0 amide bonds. The van der Waals surface area contributed by atoms with Gasteiger partial charge in [0.1, 0.15) is 0 Å². The third kappa shape index (κ3) is 1.83. The van der Waals surface area contributed by atoms with Gasteiger partial charge in [0.15, 0.2) is 0 Å². The molecule has 11 heavy (non-hydrogen) atoms. The number of hydrogen-bond donors (Lipinski definition) is 1. The zero-order chi connectivity index (χ0) is 8.27. The Labute approximate surface area is 66.5 Å². The first-order valence-corrected chi connectivity index (χ1v) is 3.64. The predicted octanol–water partition coefficient (Wildman–Crippen LogP) is 1.35. The SMILES string of the molecule is C=CCCn1cc(N)c(C)n1. The Hall–Kier alpha value is -1.25. The zero-order valence-corrected chi connectivity index (χ0v) is 6.75. The van der Waals surface area contributed by atoms with Gasteiger partial charge < -0.3 is 5.73 Å². The van der Waals surface area contributed by atoms with Crippen LogP contribution in [-0.4, -0.2) is 9.78 Å². The molecule has 3 nitrogen and oxygen atoms in total. The van der Waals surface area contributed by atoms with Crippen molar-refractivity contribution in [1.29, 1.82) is 0 Å². The van der Waals surface area contributed by atoms with E-state index in [0.717, 1.165) is 24.3 Å². The van der Waals surface area contributed by atoms with Crippen LogP contribution in [0.1, 0.15) is 12.1 Å². The van der Waals surface area contributed by atoms with Crippen molar-refractivity contribution in [2.75, 3.05) is 5.73 Å². The van der Waals surface area contributed by atoms with E-state index in [1.807, 2.05) is 23.9 Å². The number of nitrogen functional groups attached to an aromatic ring is 1. The lowest BCUT2D eigenvalue weighted by Crippen LogP contribution is -1.96. The second kappa shape index (κ2) is 3.23. The third-order valence-electron chi connectivity index (χ3n) is 1.55. The maximum Gasteiger partial charge on any atom is 0.0822 e. The fourth-order valence-corrected chi connectivity index (χ4v) is 0.871. The molecule has 0 spiro atoms. The van der Waals surface area contributed by atoms with Crippen LogP contribution in [-0.2, 0) is 6.54 Å². The van der Waals surface area contributed by atoms with E-state index < -0.39 is 0 Å². The molecule has 0 saturated carbocycles. The molecule has 60 valence electrons. The standard InChI is InChI=1S/C8H13N3/c1-3-4-5-11-6-8(9)7(2)10-11/h3,6H,1,4-5,9H2,2H3. The van der Waals surface area contributed by atoms with E-state index in [-0.39, 0.29) is 0 Å². The summed E-state index contributed by atoms with van der Waals surface area (Å²) in [6.45, 7) is 6.40. The fourth-order valence-electron chi connectivity index (χ4n) is 0.871. The molecule has 0 saturated heterocycles. The molecule has 0 aliphatic carbocycles. The van der Waals surface area contributed by atoms with E-state index in [0.29, 0.717) is 0 Å². The van der Waals surface area contributed by atoms with E-state index >= 15 is 0 Å². The van der Waals surface area contributed by atoms with Crippen LogP contribution in [0.4, 0.5) is 5.69 Å². The summed E-state index contributed by atoms with van der Waals surface area (Å²) >= 11 is 0. The van der Waals surface area contributed by atoms with Gasteiger partial charge in [-0.3, -0.25) is 4.68 Å². The van der Waals surface area contributed by atoms with Gasteiger partial charge >= 0.3 is 0 Å². The lowest BCUT2D eigenvalue weighted by molar-refractivity contribution is 0.619. The molecule has 0 aliphatic rings. The summed E-state index contributed by atoms with van der Waals surface area (Å²) in [5.74, 6) is 0. The van der Waals surface area contributed by atoms with Crippen LogP contribution in [0.3, 0.4) is 0 Å². The largest absolute Gasteiger partial charge is 0.396 e. The molecule has 1 aromatic heterocycles. The Morgan fingerprint density at radius 1 is 1.82 bits per heavy atom. The lowest BCUT2D eigenvalue weighted by atomic mass is 10.4. The highest BCUT2D eigenvalue weighted by atomic mass is 15.3. The van der Waals surface area contributed by atoms with Crippen molar-refractivity contribution in [2.24, 2.45) is 0 Å². The van der Waals surface area contributed by atoms with Crippen LogP contribution in [0.15, 0.2) is 18.9 Å². The number of anilines is 1. The minimum Gasteiger partial charge on any atom is -0.396 e. The average Bonchev–Trinajstić information content (AvgIpc) is 2.28. The first-order valence-electron chi connectivity index (χ1n) is 3.64. The molecule has 3 heteroatoms. The summed E-state index contributed by atoms with van der Waals surface area (Å²) in [6.07, 6.45) is 4.65. The predicted molar refractivity (Wildman–Crippen MR) is 46.2 cm³/mol. The Bertz CT molecular complexity index is 230. The molecule has 0 aliphatic heterocycles. The summed E-state index contributed by atoms with van der Waals surface area (Å²) in [4.78, 5) is 0. The summed E-state index contributed by atoms with van der Waals surface area (Å²) < 4.78 is 1.84. The van der Waals surface area contributed by atoms with Gasteiger partial charge in [-0.05, 0) is 13.3 Å². The second-order valence-corrected chi connectivity index (χ2v) is 2.51. The Morgan fingerprint density at radius 2 is 2.55 bits per heavy atom. The van der Waals surface area contributed by atoms with E-state index in [4.69, 9.17) is 5.73 Å². The summed E-state index contributed by atoms with van der Waals surface area (Å²) in [5.41, 5.74) is 7.26. The zero-order valence-electron chi connectivity index (χ0n) is 6.75. The van der Waals surface area contributed by atoms with Gasteiger partial charge in [0.2, 0.25) is 0 Å². The average molecular weight is 151 g/mol. The molecule has 1 rings (SSSR count). The minimum atomic E-state index is 0.758. The van der Waals surface area contributed by atoms with Crippen LogP contribution in [0.25, 0.3) is 0 Å². The van der Waals surface area contributed by atoms with Gasteiger partial charge in [0.25, 0.3) is 0 Å². The molecule has 1 aromatic rings. The van der Waals surface area contributed by atoms with Gasteiger partial charge in [-0.25, -0.2) is 0 Å². The fraction of sp³-hybridized carbons (Fsp3) is 0.375. The van der Waals surface area contributed by atoms with Crippen LogP contribution >= 0.6 is 0 Å². The van der Waals surface area contributed by atoms with Gasteiger partial charge in [-0.1, -0.05) is 6.08 Å². The molecule has 2 N–H and O–H groups in total. The number of hydrogen-bond acceptors (Lipinski definition) is 2. The van der Waals surface area contributed by atoms with Crippen molar-refractivity contribution in [2.45, 2.75) is 19.9 Å². The summed E-state index contributed by atoms with van der Waals surface area (Å²) in [7, 11) is 0. The van der Waals surface area contributed by atoms with Crippen LogP contribution < -0.4 is 5.73 Å². The first kappa shape index (κ1) is 7.85. The number of nitrogens with two attached hydrogens (primary N) is 1. The molecule has 0 radical (unpaired) electrons. The van der Waals surface area contributed by atoms with Crippen molar-refractivity contribution in [1.82, 2.24) is 9.78 Å². The van der Waals surface area contributed by atoms with Gasteiger partial charge in [-0.15, -0.1) is 6.58 Å². The van der Waals surface area contributed by atoms with Gasteiger partial charge in [0, 0.05) is 12.7 Å². The molecular formula is C8H13N3. The van der Waals surface area contributed by atoms with Crippen molar-refractivity contribution >= 4 is 5.69 Å². The van der Waals surface area contributed by atoms with E-state index in [9.17, 15) is 0 Å². The lowest BCUT2D eigenvalue weighted by Gasteiger charge is -1.94. The maximum atomic E-state index is 5.60. The number of rotatable bonds is 3.